The standard InChI is InChI=1S/C20H20Cl2N2O4S/c21-17-3-2-16(13-18(17)22)29(26,27)24-8-6-23(7-9-24)20(25)12-14-1-4-19-15(11-14)5-10-28-19/h1-4,11,13H,5-10,12H2. The van der Waals surface area contributed by atoms with Crippen LogP contribution in [0.1, 0.15) is 11.1 Å². The molecule has 2 aromatic rings. The van der Waals surface area contributed by atoms with Gasteiger partial charge in [-0.25, -0.2) is 8.42 Å². The first-order chi connectivity index (χ1) is 13.8. The van der Waals surface area contributed by atoms with Gasteiger partial charge in [0.1, 0.15) is 5.75 Å². The maximum Gasteiger partial charge on any atom is 0.243 e. The van der Waals surface area contributed by atoms with Crippen LogP contribution in [-0.4, -0.2) is 56.3 Å². The van der Waals surface area contributed by atoms with Gasteiger partial charge in [-0.1, -0.05) is 35.3 Å². The average Bonchev–Trinajstić information content (AvgIpc) is 3.18. The van der Waals surface area contributed by atoms with E-state index in [0.29, 0.717) is 31.1 Å². The van der Waals surface area contributed by atoms with Crippen LogP contribution < -0.4 is 4.74 Å². The van der Waals surface area contributed by atoms with Crippen LogP contribution in [0.3, 0.4) is 0 Å². The van der Waals surface area contributed by atoms with Crippen LogP contribution >= 0.6 is 23.2 Å². The Balaban J connectivity index is 1.38. The topological polar surface area (TPSA) is 66.9 Å². The lowest BCUT2D eigenvalue weighted by Crippen LogP contribution is -2.50. The molecule has 4 rings (SSSR count). The Bertz CT molecular complexity index is 1050. The molecule has 0 atom stereocenters. The molecule has 2 heterocycles. The van der Waals surface area contributed by atoms with Crippen molar-refractivity contribution in [3.05, 3.63) is 57.6 Å². The molecule has 2 aliphatic heterocycles. The summed E-state index contributed by atoms with van der Waals surface area (Å²) in [6.45, 7) is 1.88. The highest BCUT2D eigenvalue weighted by Gasteiger charge is 2.30. The lowest BCUT2D eigenvalue weighted by atomic mass is 10.1. The first-order valence-corrected chi connectivity index (χ1v) is 11.5. The third-order valence-corrected chi connectivity index (χ3v) is 7.86. The summed E-state index contributed by atoms with van der Waals surface area (Å²) < 4.78 is 32.5. The van der Waals surface area contributed by atoms with Gasteiger partial charge in [0.15, 0.2) is 0 Å². The molecule has 6 nitrogen and oxygen atoms in total. The number of benzene rings is 2. The molecule has 29 heavy (non-hydrogen) atoms. The van der Waals surface area contributed by atoms with Crippen molar-refractivity contribution in [3.8, 4) is 5.75 Å². The molecular weight excluding hydrogens is 435 g/mol. The highest BCUT2D eigenvalue weighted by molar-refractivity contribution is 7.89. The van der Waals surface area contributed by atoms with Crippen molar-refractivity contribution < 1.29 is 17.9 Å². The largest absolute Gasteiger partial charge is 0.493 e. The molecule has 154 valence electrons. The molecule has 0 N–H and O–H groups in total. The summed E-state index contributed by atoms with van der Waals surface area (Å²) in [7, 11) is -3.68. The number of piperazine rings is 1. The Morgan fingerprint density at radius 3 is 2.48 bits per heavy atom. The first-order valence-electron chi connectivity index (χ1n) is 9.32. The molecule has 0 aliphatic carbocycles. The van der Waals surface area contributed by atoms with Gasteiger partial charge in [0, 0.05) is 32.6 Å². The molecule has 0 radical (unpaired) electrons. The maximum absolute atomic E-state index is 12.8. The number of hydrogen-bond donors (Lipinski definition) is 0. The number of sulfonamides is 1. The zero-order valence-electron chi connectivity index (χ0n) is 15.6. The fourth-order valence-corrected chi connectivity index (χ4v) is 5.41. The van der Waals surface area contributed by atoms with Crippen LogP contribution in [0.4, 0.5) is 0 Å². The lowest BCUT2D eigenvalue weighted by Gasteiger charge is -2.34. The molecule has 2 aromatic carbocycles. The molecule has 0 bridgehead atoms. The number of fused-ring (bicyclic) bond motifs is 1. The van der Waals surface area contributed by atoms with Gasteiger partial charge in [-0.05, 0) is 35.4 Å². The zero-order valence-corrected chi connectivity index (χ0v) is 17.9. The smallest absolute Gasteiger partial charge is 0.243 e. The van der Waals surface area contributed by atoms with E-state index in [1.165, 1.54) is 22.5 Å². The van der Waals surface area contributed by atoms with Gasteiger partial charge in [-0.3, -0.25) is 4.79 Å². The number of nitrogens with zero attached hydrogens (tertiary/aromatic N) is 2. The molecule has 0 aromatic heterocycles. The van der Waals surface area contributed by atoms with Crippen molar-refractivity contribution in [3.63, 3.8) is 0 Å². The zero-order chi connectivity index (χ0) is 20.6. The molecule has 1 saturated heterocycles. The third-order valence-electron chi connectivity index (χ3n) is 5.23. The van der Waals surface area contributed by atoms with Crippen molar-refractivity contribution in [2.45, 2.75) is 17.7 Å². The number of halogens is 2. The Morgan fingerprint density at radius 1 is 1.00 bits per heavy atom. The van der Waals surface area contributed by atoms with Crippen LogP contribution in [0.25, 0.3) is 0 Å². The Kier molecular flexibility index (Phi) is 5.75. The number of rotatable bonds is 4. The Hall–Kier alpha value is -1.80. The predicted octanol–water partition coefficient (Wildman–Crippen LogP) is 3.00. The van der Waals surface area contributed by atoms with Crippen molar-refractivity contribution in [1.82, 2.24) is 9.21 Å². The second-order valence-electron chi connectivity index (χ2n) is 7.08. The number of carbonyl (C=O) groups is 1. The van der Waals surface area contributed by atoms with Gasteiger partial charge in [0.05, 0.1) is 28.0 Å². The van der Waals surface area contributed by atoms with E-state index in [2.05, 4.69) is 0 Å². The summed E-state index contributed by atoms with van der Waals surface area (Å²) in [5.41, 5.74) is 2.08. The minimum atomic E-state index is -3.68. The van der Waals surface area contributed by atoms with Crippen molar-refractivity contribution in [1.29, 1.82) is 0 Å². The first kappa shape index (κ1) is 20.5. The summed E-state index contributed by atoms with van der Waals surface area (Å²) in [4.78, 5) is 14.5. The Labute approximate surface area is 180 Å². The highest BCUT2D eigenvalue weighted by Crippen LogP contribution is 2.28. The summed E-state index contributed by atoms with van der Waals surface area (Å²) in [6.07, 6.45) is 1.16. The number of amides is 1. The van der Waals surface area contributed by atoms with E-state index in [1.807, 2.05) is 18.2 Å². The molecule has 0 saturated carbocycles. The van der Waals surface area contributed by atoms with E-state index in [9.17, 15) is 13.2 Å². The van der Waals surface area contributed by atoms with Crippen LogP contribution in [0.2, 0.25) is 10.0 Å². The number of ether oxygens (including phenoxy) is 1. The van der Waals surface area contributed by atoms with Crippen LogP contribution in [0.5, 0.6) is 5.75 Å². The quantitative estimate of drug-likeness (QED) is 0.711. The van der Waals surface area contributed by atoms with Gasteiger partial charge < -0.3 is 9.64 Å². The fourth-order valence-electron chi connectivity index (χ4n) is 3.60. The second kappa shape index (κ2) is 8.14. The maximum atomic E-state index is 12.8. The van der Waals surface area contributed by atoms with Gasteiger partial charge >= 0.3 is 0 Å². The van der Waals surface area contributed by atoms with Crippen molar-refractivity contribution in [2.24, 2.45) is 0 Å². The van der Waals surface area contributed by atoms with Gasteiger partial charge in [-0.2, -0.15) is 4.31 Å². The molecular formula is C20H20Cl2N2O4S. The molecule has 0 spiro atoms. The van der Waals surface area contributed by atoms with E-state index in [-0.39, 0.29) is 28.9 Å². The minimum absolute atomic E-state index is 0.00421. The van der Waals surface area contributed by atoms with Crippen LogP contribution in [0, 0.1) is 0 Å². The van der Waals surface area contributed by atoms with E-state index in [1.54, 1.807) is 4.90 Å². The summed E-state index contributed by atoms with van der Waals surface area (Å²) in [6, 6.07) is 10.1. The minimum Gasteiger partial charge on any atom is -0.493 e. The van der Waals surface area contributed by atoms with Gasteiger partial charge in [0.2, 0.25) is 15.9 Å². The number of carbonyl (C=O) groups excluding carboxylic acids is 1. The predicted molar refractivity (Wildman–Crippen MR) is 111 cm³/mol. The van der Waals surface area contributed by atoms with Gasteiger partial charge in [-0.15, -0.1) is 0 Å². The molecule has 1 amide bonds. The highest BCUT2D eigenvalue weighted by atomic mass is 35.5. The van der Waals surface area contributed by atoms with Crippen molar-refractivity contribution >= 4 is 39.1 Å². The third kappa shape index (κ3) is 4.23. The van der Waals surface area contributed by atoms with Crippen molar-refractivity contribution in [2.75, 3.05) is 32.8 Å². The van der Waals surface area contributed by atoms with E-state index in [0.717, 1.165) is 23.3 Å². The summed E-state index contributed by atoms with van der Waals surface area (Å²) in [5, 5.41) is 0.500. The summed E-state index contributed by atoms with van der Waals surface area (Å²) >= 11 is 11.8. The molecule has 2 aliphatic rings. The number of hydrogen-bond acceptors (Lipinski definition) is 4. The van der Waals surface area contributed by atoms with E-state index in [4.69, 9.17) is 27.9 Å². The van der Waals surface area contributed by atoms with Crippen LogP contribution in [0.15, 0.2) is 41.3 Å². The average molecular weight is 455 g/mol. The molecule has 9 heteroatoms. The summed E-state index contributed by atoms with van der Waals surface area (Å²) in [5.74, 6) is 0.887. The normalized spacial score (nSPS) is 17.1. The molecule has 1 fully saturated rings. The fraction of sp³-hybridized carbons (Fsp3) is 0.350. The SMILES string of the molecule is O=C(Cc1ccc2c(c1)CCO2)N1CCN(S(=O)(=O)c2ccc(Cl)c(Cl)c2)CC1. The van der Waals surface area contributed by atoms with Crippen LogP contribution in [-0.2, 0) is 27.7 Å². The van der Waals surface area contributed by atoms with Gasteiger partial charge in [0.25, 0.3) is 0 Å². The monoisotopic (exact) mass is 454 g/mol. The second-order valence-corrected chi connectivity index (χ2v) is 9.83. The lowest BCUT2D eigenvalue weighted by molar-refractivity contribution is -0.131. The Morgan fingerprint density at radius 2 is 1.76 bits per heavy atom. The van der Waals surface area contributed by atoms with E-state index < -0.39 is 10.0 Å². The molecule has 0 unspecified atom stereocenters. The van der Waals surface area contributed by atoms with E-state index >= 15 is 0 Å².